The molecule has 6 aromatic rings. The number of anilines is 4. The summed E-state index contributed by atoms with van der Waals surface area (Å²) in [6.45, 7) is 4.95. The van der Waals surface area contributed by atoms with Crippen molar-refractivity contribution < 1.29 is 9.30 Å². The fourth-order valence-corrected chi connectivity index (χ4v) is 7.11. The third-order valence-corrected chi connectivity index (χ3v) is 9.57. The lowest BCUT2D eigenvalue weighted by atomic mass is 10.1. The molecule has 7 rings (SSSR count). The lowest BCUT2D eigenvalue weighted by Gasteiger charge is -2.18. The van der Waals surface area contributed by atoms with Crippen LogP contribution in [0.2, 0.25) is 0 Å². The summed E-state index contributed by atoms with van der Waals surface area (Å²) >= 11 is 3.56. The van der Waals surface area contributed by atoms with Gasteiger partial charge in [-0.2, -0.15) is 15.2 Å². The van der Waals surface area contributed by atoms with E-state index in [1.54, 1.807) is 43.7 Å². The Kier molecular flexibility index (Phi) is 7.35. The molecule has 0 unspecified atom stereocenters. The maximum atomic E-state index is 13.4. The summed E-state index contributed by atoms with van der Waals surface area (Å²) in [5.74, 6) is 1.39. The van der Waals surface area contributed by atoms with E-state index < -0.39 is 7.14 Å². The van der Waals surface area contributed by atoms with Gasteiger partial charge in [-0.25, -0.2) is 9.67 Å². The normalized spacial score (nSPS) is 12.8. The number of ether oxygens (including phenoxy) is 1. The highest BCUT2D eigenvalue weighted by atomic mass is 79.9. The molecular formula is C30H29BrN11O2P. The third kappa shape index (κ3) is 5.56. The largest absolute Gasteiger partial charge is 0.494 e. The summed E-state index contributed by atoms with van der Waals surface area (Å²) in [4.78, 5) is 18.1. The molecule has 2 aromatic carbocycles. The molecule has 1 aliphatic rings. The van der Waals surface area contributed by atoms with Crippen molar-refractivity contribution in [3.63, 3.8) is 0 Å². The van der Waals surface area contributed by atoms with Crippen molar-refractivity contribution in [2.24, 2.45) is 7.05 Å². The van der Waals surface area contributed by atoms with E-state index in [1.165, 1.54) is 5.56 Å². The lowest BCUT2D eigenvalue weighted by molar-refractivity contribution is 0.416. The van der Waals surface area contributed by atoms with Gasteiger partial charge in [0, 0.05) is 73.9 Å². The van der Waals surface area contributed by atoms with Gasteiger partial charge in [0.15, 0.2) is 0 Å². The van der Waals surface area contributed by atoms with Crippen molar-refractivity contribution in [3.05, 3.63) is 77.2 Å². The van der Waals surface area contributed by atoms with Crippen molar-refractivity contribution in [2.75, 3.05) is 31.1 Å². The van der Waals surface area contributed by atoms with E-state index in [1.807, 2.05) is 54.6 Å². The first-order chi connectivity index (χ1) is 21.7. The fraction of sp³-hybridized carbons (Fsp3) is 0.200. The van der Waals surface area contributed by atoms with Crippen molar-refractivity contribution in [2.45, 2.75) is 13.1 Å². The SMILES string of the molecule is COc1cc(-n2cc3c(n2)CNC3)c(-c2cnn(C)c2)cc1Nc1ncc(Br)c(Nc2ccc3nccnc3c2P(C)(C)=O)n1. The Morgan fingerprint density at radius 1 is 1.02 bits per heavy atom. The molecule has 15 heteroatoms. The van der Waals surface area contributed by atoms with Crippen LogP contribution in [0.15, 0.2) is 65.9 Å². The fourth-order valence-electron chi connectivity index (χ4n) is 5.43. The highest BCUT2D eigenvalue weighted by molar-refractivity contribution is 9.10. The van der Waals surface area contributed by atoms with Gasteiger partial charge in [-0.05, 0) is 47.5 Å². The van der Waals surface area contributed by atoms with E-state index in [0.717, 1.165) is 35.6 Å². The molecule has 1 aliphatic heterocycles. The number of nitrogens with zero attached hydrogens (tertiary/aromatic N) is 8. The van der Waals surface area contributed by atoms with Gasteiger partial charge in [-0.15, -0.1) is 0 Å². The Balaban J connectivity index is 1.28. The number of aromatic nitrogens is 8. The number of benzene rings is 2. The summed E-state index contributed by atoms with van der Waals surface area (Å²) in [5, 5.41) is 19.8. The standard InChI is InChI=1S/C30H29BrN11O2P/c1-41-15-17(12-36-41)19-9-23(26(44-2)10-25(19)42-16-18-11-32-14-24(18)40-42)38-30-35-13-20(31)29(39-30)37-22-6-5-21-27(34-8-7-33-21)28(22)45(3,4)43/h5-10,12-13,15-16,32H,11,14H2,1-4H3,(H2,35,37,38,39). The Morgan fingerprint density at radius 3 is 2.62 bits per heavy atom. The zero-order valence-corrected chi connectivity index (χ0v) is 27.4. The zero-order valence-electron chi connectivity index (χ0n) is 24.9. The van der Waals surface area contributed by atoms with Gasteiger partial charge in [0.1, 0.15) is 24.2 Å². The molecule has 0 aliphatic carbocycles. The van der Waals surface area contributed by atoms with Gasteiger partial charge in [0.2, 0.25) is 5.95 Å². The van der Waals surface area contributed by atoms with E-state index in [0.29, 0.717) is 49.7 Å². The molecule has 228 valence electrons. The minimum absolute atomic E-state index is 0.325. The Bertz CT molecular complexity index is 2120. The maximum absolute atomic E-state index is 13.4. The number of halogens is 1. The minimum Gasteiger partial charge on any atom is -0.494 e. The van der Waals surface area contributed by atoms with Crippen LogP contribution in [-0.4, -0.2) is 59.9 Å². The van der Waals surface area contributed by atoms with Gasteiger partial charge in [0.05, 0.1) is 51.4 Å². The molecular weight excluding hydrogens is 657 g/mol. The summed E-state index contributed by atoms with van der Waals surface area (Å²) in [5.41, 5.74) is 7.41. The molecule has 0 fully saturated rings. The molecule has 4 aromatic heterocycles. The number of aryl methyl sites for hydroxylation is 1. The van der Waals surface area contributed by atoms with Gasteiger partial charge in [-0.1, -0.05) is 0 Å². The highest BCUT2D eigenvalue weighted by Gasteiger charge is 2.23. The van der Waals surface area contributed by atoms with Crippen LogP contribution >= 0.6 is 23.1 Å². The van der Waals surface area contributed by atoms with Crippen LogP contribution in [0.4, 0.5) is 23.1 Å². The molecule has 0 amide bonds. The van der Waals surface area contributed by atoms with Crippen LogP contribution in [0.25, 0.3) is 27.8 Å². The number of hydrogen-bond acceptors (Lipinski definition) is 11. The Labute approximate surface area is 267 Å². The summed E-state index contributed by atoms with van der Waals surface area (Å²) in [7, 11) is 0.735. The average Bonchev–Trinajstić information content (AvgIpc) is 3.75. The molecule has 3 N–H and O–H groups in total. The van der Waals surface area contributed by atoms with Gasteiger partial charge >= 0.3 is 0 Å². The molecule has 0 saturated heterocycles. The van der Waals surface area contributed by atoms with Gasteiger partial charge < -0.3 is 25.3 Å². The molecule has 0 atom stereocenters. The number of fused-ring (bicyclic) bond motifs is 2. The van der Waals surface area contributed by atoms with E-state index in [4.69, 9.17) is 14.8 Å². The molecule has 0 bridgehead atoms. The lowest BCUT2D eigenvalue weighted by Crippen LogP contribution is -2.14. The first-order valence-corrected chi connectivity index (χ1v) is 17.4. The van der Waals surface area contributed by atoms with Crippen LogP contribution in [0.1, 0.15) is 11.3 Å². The maximum Gasteiger partial charge on any atom is 0.229 e. The molecule has 0 saturated carbocycles. The monoisotopic (exact) mass is 685 g/mol. The second kappa shape index (κ2) is 11.4. The van der Waals surface area contributed by atoms with Crippen LogP contribution in [-0.2, 0) is 24.7 Å². The Morgan fingerprint density at radius 2 is 1.87 bits per heavy atom. The smallest absolute Gasteiger partial charge is 0.229 e. The van der Waals surface area contributed by atoms with Crippen LogP contribution in [0, 0.1) is 0 Å². The molecule has 13 nitrogen and oxygen atoms in total. The molecule has 0 radical (unpaired) electrons. The Hall–Kier alpha value is -4.65. The van der Waals surface area contributed by atoms with E-state index >= 15 is 0 Å². The van der Waals surface area contributed by atoms with E-state index in [9.17, 15) is 4.57 Å². The van der Waals surface area contributed by atoms with Crippen molar-refractivity contribution >= 4 is 62.6 Å². The first kappa shape index (κ1) is 29.1. The predicted octanol–water partition coefficient (Wildman–Crippen LogP) is 5.12. The second-order valence-corrected chi connectivity index (χ2v) is 15.0. The van der Waals surface area contributed by atoms with E-state index in [2.05, 4.69) is 51.9 Å². The summed E-state index contributed by atoms with van der Waals surface area (Å²) < 4.78 is 23.5. The number of nitrogens with one attached hydrogen (secondary N) is 3. The molecule has 45 heavy (non-hydrogen) atoms. The topological polar surface area (TPSA) is 150 Å². The summed E-state index contributed by atoms with van der Waals surface area (Å²) in [6, 6.07) is 7.62. The number of rotatable bonds is 8. The number of methoxy groups -OCH3 is 1. The average molecular weight is 687 g/mol. The van der Waals surface area contributed by atoms with Crippen LogP contribution in [0.3, 0.4) is 0 Å². The van der Waals surface area contributed by atoms with E-state index in [-0.39, 0.29) is 0 Å². The first-order valence-electron chi connectivity index (χ1n) is 14.0. The summed E-state index contributed by atoms with van der Waals surface area (Å²) in [6.07, 6.45) is 10.7. The zero-order chi connectivity index (χ0) is 31.3. The van der Waals surface area contributed by atoms with Gasteiger partial charge in [0.25, 0.3) is 0 Å². The van der Waals surface area contributed by atoms with Crippen molar-refractivity contribution in [3.8, 4) is 22.6 Å². The molecule has 5 heterocycles. The van der Waals surface area contributed by atoms with Gasteiger partial charge in [-0.3, -0.25) is 14.6 Å². The third-order valence-electron chi connectivity index (χ3n) is 7.46. The second-order valence-electron chi connectivity index (χ2n) is 11.0. The molecule has 0 spiro atoms. The van der Waals surface area contributed by atoms with Crippen LogP contribution < -0.4 is 26.0 Å². The van der Waals surface area contributed by atoms with Crippen molar-refractivity contribution in [1.29, 1.82) is 0 Å². The predicted molar refractivity (Wildman–Crippen MR) is 178 cm³/mol. The quantitative estimate of drug-likeness (QED) is 0.183. The number of hydrogen-bond donors (Lipinski definition) is 3. The minimum atomic E-state index is -2.77. The van der Waals surface area contributed by atoms with Crippen molar-refractivity contribution in [1.82, 2.24) is 44.8 Å². The van der Waals surface area contributed by atoms with Crippen LogP contribution in [0.5, 0.6) is 5.75 Å². The highest BCUT2D eigenvalue weighted by Crippen LogP contribution is 2.42.